The number of nitrogens with one attached hydrogen (secondary N) is 1. The maximum atomic E-state index is 12.5. The maximum Gasteiger partial charge on any atom is 0.306 e. The van der Waals surface area contributed by atoms with Crippen LogP contribution < -0.4 is 9.50 Å². The molecule has 3 atom stereocenters. The summed E-state index contributed by atoms with van der Waals surface area (Å²) < 4.78 is 27.4. The molecule has 1 N–H and O–H groups in total. The summed E-state index contributed by atoms with van der Waals surface area (Å²) in [6.07, 6.45) is 8.84. The second-order valence-corrected chi connectivity index (χ2v) is 10.1. The van der Waals surface area contributed by atoms with Crippen LogP contribution in [0.25, 0.3) is 0 Å². The van der Waals surface area contributed by atoms with Gasteiger partial charge in [0.1, 0.15) is 5.75 Å². The number of rotatable bonds is 11. The highest BCUT2D eigenvalue weighted by Gasteiger charge is 2.26. The van der Waals surface area contributed by atoms with Crippen LogP contribution in [0.4, 0.5) is 0 Å². The molecule has 7 heteroatoms. The molecule has 0 aromatic heterocycles. The topological polar surface area (TPSA) is 75.7 Å². The predicted molar refractivity (Wildman–Crippen MR) is 121 cm³/mol. The van der Waals surface area contributed by atoms with Gasteiger partial charge in [-0.25, -0.2) is 0 Å². The Labute approximate surface area is 182 Å². The van der Waals surface area contributed by atoms with Gasteiger partial charge >= 0.3 is 10.1 Å². The van der Waals surface area contributed by atoms with Crippen molar-refractivity contribution in [3.8, 4) is 5.75 Å². The Morgan fingerprint density at radius 3 is 2.40 bits per heavy atom. The summed E-state index contributed by atoms with van der Waals surface area (Å²) in [5.74, 6) is 0.653. The minimum atomic E-state index is -3.50. The minimum absolute atomic E-state index is 0.272. The van der Waals surface area contributed by atoms with Crippen molar-refractivity contribution in [3.05, 3.63) is 29.8 Å². The third-order valence-corrected chi connectivity index (χ3v) is 6.30. The summed E-state index contributed by atoms with van der Waals surface area (Å²) in [6, 6.07) is 8.13. The van der Waals surface area contributed by atoms with Gasteiger partial charge in [0.25, 0.3) is 0 Å². The van der Waals surface area contributed by atoms with E-state index >= 15 is 0 Å². The maximum absolute atomic E-state index is 12.5. The Balaban J connectivity index is 1.91. The van der Waals surface area contributed by atoms with Crippen LogP contribution in [0.1, 0.15) is 71.3 Å². The number of hydrogen-bond donors (Lipinski definition) is 1. The molecule has 170 valence electrons. The summed E-state index contributed by atoms with van der Waals surface area (Å²) in [4.78, 5) is 14.6. The van der Waals surface area contributed by atoms with Crippen molar-refractivity contribution in [1.29, 1.82) is 0 Å². The van der Waals surface area contributed by atoms with E-state index in [9.17, 15) is 13.2 Å². The smallest absolute Gasteiger partial charge is 0.306 e. The molecule has 0 bridgehead atoms. The molecular formula is C23H38N2O4S. The van der Waals surface area contributed by atoms with E-state index in [0.29, 0.717) is 30.2 Å². The van der Waals surface area contributed by atoms with E-state index in [1.165, 1.54) is 0 Å². The first kappa shape index (κ1) is 24.7. The SMILES string of the molecule is CCC(CC(CC)N1CCCCCC1=O)NC(C)Cc1ccc(OS(C)(=O)=O)cc1. The second kappa shape index (κ2) is 11.7. The molecule has 2 rings (SSSR count). The number of nitrogens with zero attached hydrogens (tertiary/aromatic N) is 1. The van der Waals surface area contributed by atoms with Crippen LogP contribution in [-0.4, -0.2) is 50.2 Å². The van der Waals surface area contributed by atoms with Crippen LogP contribution in [0.2, 0.25) is 0 Å². The normalized spacial score (nSPS) is 18.5. The van der Waals surface area contributed by atoms with E-state index < -0.39 is 10.1 Å². The van der Waals surface area contributed by atoms with Crippen LogP contribution >= 0.6 is 0 Å². The number of hydrogen-bond acceptors (Lipinski definition) is 5. The highest BCUT2D eigenvalue weighted by molar-refractivity contribution is 7.86. The summed E-state index contributed by atoms with van der Waals surface area (Å²) in [6.45, 7) is 7.44. The van der Waals surface area contributed by atoms with Gasteiger partial charge in [-0.3, -0.25) is 4.79 Å². The van der Waals surface area contributed by atoms with Gasteiger partial charge in [0.05, 0.1) is 6.26 Å². The largest absolute Gasteiger partial charge is 0.383 e. The molecule has 1 aromatic rings. The number of carbonyl (C=O) groups is 1. The Kier molecular flexibility index (Phi) is 9.62. The monoisotopic (exact) mass is 438 g/mol. The van der Waals surface area contributed by atoms with Crippen molar-refractivity contribution in [3.63, 3.8) is 0 Å². The van der Waals surface area contributed by atoms with E-state index in [0.717, 1.165) is 63.3 Å². The Bertz CT molecular complexity index is 764. The van der Waals surface area contributed by atoms with Gasteiger partial charge in [0.2, 0.25) is 5.91 Å². The fourth-order valence-corrected chi connectivity index (χ4v) is 4.72. The molecule has 0 radical (unpaired) electrons. The molecule has 1 aliphatic rings. The van der Waals surface area contributed by atoms with Crippen LogP contribution in [-0.2, 0) is 21.3 Å². The van der Waals surface area contributed by atoms with E-state index in [4.69, 9.17) is 4.18 Å². The van der Waals surface area contributed by atoms with E-state index in [1.54, 1.807) is 12.1 Å². The third-order valence-electron chi connectivity index (χ3n) is 5.80. The number of amides is 1. The standard InChI is InChI=1S/C23H38N2O4S/c1-5-20(17-21(6-2)25-15-9-7-8-10-23(25)26)24-18(3)16-19-11-13-22(14-12-19)29-30(4,27)28/h11-14,18,20-21,24H,5-10,15-17H2,1-4H3. The van der Waals surface area contributed by atoms with Crippen molar-refractivity contribution < 1.29 is 17.4 Å². The molecule has 3 unspecified atom stereocenters. The van der Waals surface area contributed by atoms with Gasteiger partial charge < -0.3 is 14.4 Å². The highest BCUT2D eigenvalue weighted by atomic mass is 32.2. The quantitative estimate of drug-likeness (QED) is 0.531. The van der Waals surface area contributed by atoms with Gasteiger partial charge in [-0.1, -0.05) is 32.4 Å². The summed E-state index contributed by atoms with van der Waals surface area (Å²) in [5.41, 5.74) is 1.13. The minimum Gasteiger partial charge on any atom is -0.383 e. The lowest BCUT2D eigenvalue weighted by Crippen LogP contribution is -2.46. The molecule has 6 nitrogen and oxygen atoms in total. The number of benzene rings is 1. The molecule has 30 heavy (non-hydrogen) atoms. The van der Waals surface area contributed by atoms with Gasteiger partial charge in [-0.2, -0.15) is 8.42 Å². The third kappa shape index (κ3) is 8.26. The molecule has 0 saturated carbocycles. The van der Waals surface area contributed by atoms with E-state index in [1.807, 2.05) is 12.1 Å². The molecule has 0 spiro atoms. The van der Waals surface area contributed by atoms with Crippen LogP contribution in [0.5, 0.6) is 5.75 Å². The summed E-state index contributed by atoms with van der Waals surface area (Å²) >= 11 is 0. The Morgan fingerprint density at radius 1 is 1.10 bits per heavy atom. The van der Waals surface area contributed by atoms with Crippen molar-refractivity contribution >= 4 is 16.0 Å². The first-order chi connectivity index (χ1) is 14.2. The molecule has 1 aliphatic heterocycles. The lowest BCUT2D eigenvalue weighted by atomic mass is 9.98. The molecule has 1 saturated heterocycles. The van der Waals surface area contributed by atoms with E-state index in [2.05, 4.69) is 31.0 Å². The summed E-state index contributed by atoms with van der Waals surface area (Å²) in [7, 11) is -3.50. The fourth-order valence-electron chi connectivity index (χ4n) is 4.26. The predicted octanol–water partition coefficient (Wildman–Crippen LogP) is 3.90. The lowest BCUT2D eigenvalue weighted by molar-refractivity contribution is -0.133. The van der Waals surface area contributed by atoms with Crippen LogP contribution in [0.15, 0.2) is 24.3 Å². The highest BCUT2D eigenvalue weighted by Crippen LogP contribution is 2.20. The van der Waals surface area contributed by atoms with Gasteiger partial charge in [-0.05, 0) is 63.1 Å². The zero-order chi connectivity index (χ0) is 22.1. The van der Waals surface area contributed by atoms with Crippen LogP contribution in [0, 0.1) is 0 Å². The average molecular weight is 439 g/mol. The van der Waals surface area contributed by atoms with Crippen molar-refractivity contribution in [2.24, 2.45) is 0 Å². The first-order valence-corrected chi connectivity index (χ1v) is 13.1. The van der Waals surface area contributed by atoms with Crippen molar-refractivity contribution in [2.75, 3.05) is 12.8 Å². The first-order valence-electron chi connectivity index (χ1n) is 11.3. The zero-order valence-corrected chi connectivity index (χ0v) is 19.7. The molecule has 0 aliphatic carbocycles. The molecule has 1 amide bonds. The van der Waals surface area contributed by atoms with Gasteiger partial charge in [0.15, 0.2) is 0 Å². The van der Waals surface area contributed by atoms with Gasteiger partial charge in [-0.15, -0.1) is 0 Å². The lowest BCUT2D eigenvalue weighted by Gasteiger charge is -2.34. The van der Waals surface area contributed by atoms with Crippen molar-refractivity contribution in [1.82, 2.24) is 10.2 Å². The molecule has 1 aromatic carbocycles. The molecule has 1 fully saturated rings. The number of carbonyl (C=O) groups excluding carboxylic acids is 1. The van der Waals surface area contributed by atoms with Gasteiger partial charge in [0, 0.05) is 31.1 Å². The molecular weight excluding hydrogens is 400 g/mol. The van der Waals surface area contributed by atoms with Crippen LogP contribution in [0.3, 0.4) is 0 Å². The van der Waals surface area contributed by atoms with Crippen molar-refractivity contribution in [2.45, 2.75) is 90.3 Å². The zero-order valence-electron chi connectivity index (χ0n) is 18.9. The second-order valence-electron chi connectivity index (χ2n) is 8.50. The fraction of sp³-hybridized carbons (Fsp3) is 0.696. The number of likely N-dealkylation sites (tertiary alicyclic amines) is 1. The van der Waals surface area contributed by atoms with E-state index in [-0.39, 0.29) is 6.04 Å². The Hall–Kier alpha value is -1.60. The molecule has 1 heterocycles. The Morgan fingerprint density at radius 2 is 1.80 bits per heavy atom. The average Bonchev–Trinajstić information content (AvgIpc) is 2.90. The summed E-state index contributed by atoms with van der Waals surface area (Å²) in [5, 5.41) is 3.74.